The van der Waals surface area contributed by atoms with E-state index in [1.165, 1.54) is 49.9 Å². The second-order valence-corrected chi connectivity index (χ2v) is 5.92. The molecule has 104 valence electrons. The van der Waals surface area contributed by atoms with E-state index in [-0.39, 0.29) is 0 Å². The van der Waals surface area contributed by atoms with Crippen molar-refractivity contribution in [3.05, 3.63) is 29.6 Å². The lowest BCUT2D eigenvalue weighted by Gasteiger charge is -2.21. The highest BCUT2D eigenvalue weighted by molar-refractivity contribution is 5.12. The molecule has 1 aromatic heterocycles. The summed E-state index contributed by atoms with van der Waals surface area (Å²) < 4.78 is 5.38. The molecule has 1 saturated carbocycles. The molecule has 0 unspecified atom stereocenters. The van der Waals surface area contributed by atoms with Crippen molar-refractivity contribution in [1.29, 1.82) is 0 Å². The fourth-order valence-corrected chi connectivity index (χ4v) is 3.22. The van der Waals surface area contributed by atoms with Gasteiger partial charge in [0.1, 0.15) is 0 Å². The van der Waals surface area contributed by atoms with Crippen LogP contribution in [0.1, 0.15) is 43.5 Å². The number of rotatable bonds is 4. The van der Waals surface area contributed by atoms with E-state index in [0.717, 1.165) is 32.3 Å². The summed E-state index contributed by atoms with van der Waals surface area (Å²) in [5.74, 6) is 0.867. The number of aromatic nitrogens is 1. The third-order valence-electron chi connectivity index (χ3n) is 4.30. The molecule has 1 aliphatic heterocycles. The first-order chi connectivity index (χ1) is 9.40. The molecule has 0 radical (unpaired) electrons. The maximum absolute atomic E-state index is 5.38. The number of pyridine rings is 1. The summed E-state index contributed by atoms with van der Waals surface area (Å²) in [4.78, 5) is 7.15. The summed E-state index contributed by atoms with van der Waals surface area (Å²) in [6.45, 7) is 3.59. The smallest absolute Gasteiger partial charge is 0.0995 e. The van der Waals surface area contributed by atoms with Crippen molar-refractivity contribution in [2.24, 2.45) is 5.92 Å². The Labute approximate surface area is 116 Å². The van der Waals surface area contributed by atoms with Gasteiger partial charge in [0.05, 0.1) is 19.0 Å². The Bertz CT molecular complexity index is 395. The van der Waals surface area contributed by atoms with E-state index in [2.05, 4.69) is 23.1 Å². The molecule has 2 aliphatic rings. The van der Waals surface area contributed by atoms with Gasteiger partial charge in [-0.15, -0.1) is 0 Å². The molecule has 3 rings (SSSR count). The van der Waals surface area contributed by atoms with Crippen LogP contribution in [0.25, 0.3) is 0 Å². The molecule has 3 nitrogen and oxygen atoms in total. The SMILES string of the molecule is c1cc(CC2CCCCC2)nc(CN2CCOC2)c1. The summed E-state index contributed by atoms with van der Waals surface area (Å²) in [5, 5.41) is 0. The Balaban J connectivity index is 1.58. The van der Waals surface area contributed by atoms with Crippen molar-refractivity contribution in [2.45, 2.75) is 45.1 Å². The third-order valence-corrected chi connectivity index (χ3v) is 4.30. The number of nitrogens with zero attached hydrogens (tertiary/aromatic N) is 2. The summed E-state index contributed by atoms with van der Waals surface area (Å²) >= 11 is 0. The highest BCUT2D eigenvalue weighted by Gasteiger charge is 2.16. The van der Waals surface area contributed by atoms with Crippen LogP contribution in [-0.2, 0) is 17.7 Å². The molecule has 3 heteroatoms. The standard InChI is InChI=1S/C16H24N2O/c1-2-5-14(6-3-1)11-15-7-4-8-16(17-15)12-18-9-10-19-13-18/h4,7-8,14H,1-3,5-6,9-13H2. The van der Waals surface area contributed by atoms with Crippen molar-refractivity contribution >= 4 is 0 Å². The van der Waals surface area contributed by atoms with Crippen molar-refractivity contribution < 1.29 is 4.74 Å². The van der Waals surface area contributed by atoms with Crippen LogP contribution in [0.2, 0.25) is 0 Å². The van der Waals surface area contributed by atoms with Gasteiger partial charge >= 0.3 is 0 Å². The van der Waals surface area contributed by atoms with Crippen LogP contribution in [0.3, 0.4) is 0 Å². The van der Waals surface area contributed by atoms with Gasteiger partial charge in [0.25, 0.3) is 0 Å². The molecule has 2 fully saturated rings. The van der Waals surface area contributed by atoms with Crippen LogP contribution in [-0.4, -0.2) is 29.8 Å². The zero-order valence-electron chi connectivity index (χ0n) is 11.7. The predicted molar refractivity (Wildman–Crippen MR) is 75.7 cm³/mol. The maximum atomic E-state index is 5.38. The fraction of sp³-hybridized carbons (Fsp3) is 0.688. The van der Waals surface area contributed by atoms with Gasteiger partial charge in [0.15, 0.2) is 0 Å². The lowest BCUT2D eigenvalue weighted by molar-refractivity contribution is 0.136. The van der Waals surface area contributed by atoms with Gasteiger partial charge in [0, 0.05) is 18.8 Å². The van der Waals surface area contributed by atoms with E-state index in [4.69, 9.17) is 9.72 Å². The van der Waals surface area contributed by atoms with Crippen LogP contribution in [0.15, 0.2) is 18.2 Å². The second kappa shape index (κ2) is 6.49. The number of hydrogen-bond acceptors (Lipinski definition) is 3. The Morgan fingerprint density at radius 1 is 1.16 bits per heavy atom. The molecule has 0 aromatic carbocycles. The maximum Gasteiger partial charge on any atom is 0.0995 e. The van der Waals surface area contributed by atoms with E-state index in [1.54, 1.807) is 0 Å². The van der Waals surface area contributed by atoms with Crippen molar-refractivity contribution in [3.63, 3.8) is 0 Å². The topological polar surface area (TPSA) is 25.4 Å². The normalized spacial score (nSPS) is 21.9. The van der Waals surface area contributed by atoms with Gasteiger partial charge in [0.2, 0.25) is 0 Å². The summed E-state index contributed by atoms with van der Waals surface area (Å²) in [5.41, 5.74) is 2.48. The quantitative estimate of drug-likeness (QED) is 0.832. The first-order valence-corrected chi connectivity index (χ1v) is 7.65. The van der Waals surface area contributed by atoms with Gasteiger partial charge in [-0.2, -0.15) is 0 Å². The zero-order chi connectivity index (χ0) is 12.9. The summed E-state index contributed by atoms with van der Waals surface area (Å²) in [6, 6.07) is 6.50. The van der Waals surface area contributed by atoms with Crippen LogP contribution < -0.4 is 0 Å². The van der Waals surface area contributed by atoms with E-state index >= 15 is 0 Å². The third kappa shape index (κ3) is 3.77. The predicted octanol–water partition coefficient (Wildman–Crippen LogP) is 2.99. The zero-order valence-corrected chi connectivity index (χ0v) is 11.7. The Morgan fingerprint density at radius 2 is 2.00 bits per heavy atom. The van der Waals surface area contributed by atoms with Crippen LogP contribution >= 0.6 is 0 Å². The molecule has 0 bridgehead atoms. The average Bonchev–Trinajstić information content (AvgIpc) is 2.93. The number of ether oxygens (including phenoxy) is 1. The van der Waals surface area contributed by atoms with Gasteiger partial charge in [-0.05, 0) is 24.5 Å². The molecule has 1 aromatic rings. The summed E-state index contributed by atoms with van der Waals surface area (Å²) in [6.07, 6.45) is 8.21. The lowest BCUT2D eigenvalue weighted by atomic mass is 9.86. The highest BCUT2D eigenvalue weighted by atomic mass is 16.5. The molecule has 0 amide bonds. The number of hydrogen-bond donors (Lipinski definition) is 0. The molecule has 1 saturated heterocycles. The Morgan fingerprint density at radius 3 is 2.79 bits per heavy atom. The first-order valence-electron chi connectivity index (χ1n) is 7.65. The van der Waals surface area contributed by atoms with Crippen molar-refractivity contribution in [3.8, 4) is 0 Å². The van der Waals surface area contributed by atoms with E-state index < -0.39 is 0 Å². The average molecular weight is 260 g/mol. The molecular weight excluding hydrogens is 236 g/mol. The Kier molecular flexibility index (Phi) is 4.46. The van der Waals surface area contributed by atoms with Gasteiger partial charge in [-0.25, -0.2) is 0 Å². The largest absolute Gasteiger partial charge is 0.365 e. The molecule has 1 aliphatic carbocycles. The molecular formula is C16H24N2O. The minimum absolute atomic E-state index is 0.758. The van der Waals surface area contributed by atoms with Gasteiger partial charge in [-0.1, -0.05) is 38.2 Å². The first kappa shape index (κ1) is 13.1. The fourth-order valence-electron chi connectivity index (χ4n) is 3.22. The van der Waals surface area contributed by atoms with E-state index in [1.807, 2.05) is 0 Å². The molecule has 0 N–H and O–H groups in total. The van der Waals surface area contributed by atoms with Crippen molar-refractivity contribution in [2.75, 3.05) is 19.9 Å². The van der Waals surface area contributed by atoms with E-state index in [9.17, 15) is 0 Å². The Hall–Kier alpha value is -0.930. The van der Waals surface area contributed by atoms with Gasteiger partial charge in [-0.3, -0.25) is 9.88 Å². The van der Waals surface area contributed by atoms with E-state index in [0.29, 0.717) is 0 Å². The highest BCUT2D eigenvalue weighted by Crippen LogP contribution is 2.26. The molecule has 19 heavy (non-hydrogen) atoms. The second-order valence-electron chi connectivity index (χ2n) is 5.92. The molecule has 0 spiro atoms. The summed E-state index contributed by atoms with van der Waals surface area (Å²) in [7, 11) is 0. The molecule has 2 heterocycles. The minimum Gasteiger partial charge on any atom is -0.365 e. The lowest BCUT2D eigenvalue weighted by Crippen LogP contribution is -2.20. The monoisotopic (exact) mass is 260 g/mol. The van der Waals surface area contributed by atoms with Gasteiger partial charge < -0.3 is 4.74 Å². The minimum atomic E-state index is 0.758. The van der Waals surface area contributed by atoms with Crippen molar-refractivity contribution in [1.82, 2.24) is 9.88 Å². The van der Waals surface area contributed by atoms with Crippen LogP contribution in [0.5, 0.6) is 0 Å². The van der Waals surface area contributed by atoms with Crippen LogP contribution in [0, 0.1) is 5.92 Å². The van der Waals surface area contributed by atoms with Crippen LogP contribution in [0.4, 0.5) is 0 Å². The molecule has 0 atom stereocenters.